The Hall–Kier alpha value is -4.86. The average molecular weight is 517 g/mol. The summed E-state index contributed by atoms with van der Waals surface area (Å²) in [5, 5.41) is 6.28. The van der Waals surface area contributed by atoms with Crippen molar-refractivity contribution in [3.8, 4) is 11.4 Å². The van der Waals surface area contributed by atoms with Crippen LogP contribution < -0.4 is 0 Å². The first-order chi connectivity index (χ1) is 19.3. The van der Waals surface area contributed by atoms with Crippen molar-refractivity contribution in [3.63, 3.8) is 0 Å². The summed E-state index contributed by atoms with van der Waals surface area (Å²) >= 11 is 1.87. The van der Waals surface area contributed by atoms with Gasteiger partial charge in [0.1, 0.15) is 0 Å². The number of benzene rings is 5. The number of fused-ring (bicyclic) bond motifs is 7. The summed E-state index contributed by atoms with van der Waals surface area (Å²) in [5.74, 6) is 0. The van der Waals surface area contributed by atoms with Crippen molar-refractivity contribution in [3.05, 3.63) is 134 Å². The van der Waals surface area contributed by atoms with Crippen LogP contribution in [0.25, 0.3) is 76.4 Å². The highest BCUT2D eigenvalue weighted by molar-refractivity contribution is 7.26. The summed E-state index contributed by atoms with van der Waals surface area (Å²) in [6, 6.07) is 39.3. The minimum Gasteiger partial charge on any atom is -0.308 e. The second-order valence-electron chi connectivity index (χ2n) is 9.84. The Balaban J connectivity index is 1.50. The first-order valence-corrected chi connectivity index (χ1v) is 13.9. The summed E-state index contributed by atoms with van der Waals surface area (Å²) in [7, 11) is 0. The predicted octanol–water partition coefficient (Wildman–Crippen LogP) is 10.4. The van der Waals surface area contributed by atoms with Crippen LogP contribution >= 0.6 is 11.3 Å². The molecule has 3 heterocycles. The SMILES string of the molecule is C=Cc1c(C=C)n(-c2cccc3c2sc2c(-n4c5ccccc5c5ccccc54)cccc23)c2ccccc12. The Labute approximate surface area is 230 Å². The van der Waals surface area contributed by atoms with Gasteiger partial charge < -0.3 is 9.13 Å². The summed E-state index contributed by atoms with van der Waals surface area (Å²) in [6.45, 7) is 8.30. The monoisotopic (exact) mass is 516 g/mol. The fourth-order valence-corrected chi connectivity index (χ4v) is 7.59. The first-order valence-electron chi connectivity index (χ1n) is 13.1. The van der Waals surface area contributed by atoms with Crippen molar-refractivity contribution < 1.29 is 0 Å². The molecule has 0 saturated heterocycles. The highest BCUT2D eigenvalue weighted by atomic mass is 32.1. The Morgan fingerprint density at radius 3 is 1.46 bits per heavy atom. The van der Waals surface area contributed by atoms with E-state index in [2.05, 4.69) is 131 Å². The van der Waals surface area contributed by atoms with Gasteiger partial charge in [0.25, 0.3) is 0 Å². The van der Waals surface area contributed by atoms with Crippen molar-refractivity contribution in [2.75, 3.05) is 0 Å². The Morgan fingerprint density at radius 2 is 0.923 bits per heavy atom. The third-order valence-corrected chi connectivity index (χ3v) is 9.16. The Kier molecular flexibility index (Phi) is 4.73. The topological polar surface area (TPSA) is 9.86 Å². The number of hydrogen-bond acceptors (Lipinski definition) is 1. The molecule has 0 aliphatic rings. The van der Waals surface area contributed by atoms with Gasteiger partial charge in [0.15, 0.2) is 0 Å². The minimum atomic E-state index is 1.07. The van der Waals surface area contributed by atoms with Crippen molar-refractivity contribution in [2.24, 2.45) is 0 Å². The van der Waals surface area contributed by atoms with Gasteiger partial charge in [-0.15, -0.1) is 11.3 Å². The highest BCUT2D eigenvalue weighted by Gasteiger charge is 2.20. The van der Waals surface area contributed by atoms with Gasteiger partial charge in [0.05, 0.1) is 43.0 Å². The molecular formula is C36H24N2S. The zero-order valence-electron chi connectivity index (χ0n) is 21.3. The van der Waals surface area contributed by atoms with Crippen molar-refractivity contribution >= 4 is 76.4 Å². The van der Waals surface area contributed by atoms with E-state index in [1.807, 2.05) is 23.5 Å². The fourth-order valence-electron chi connectivity index (χ4n) is 6.28. The molecule has 0 N–H and O–H groups in total. The molecule has 39 heavy (non-hydrogen) atoms. The zero-order chi connectivity index (χ0) is 26.1. The minimum absolute atomic E-state index is 1.07. The summed E-state index contributed by atoms with van der Waals surface area (Å²) < 4.78 is 7.32. The second-order valence-corrected chi connectivity index (χ2v) is 10.9. The molecule has 0 radical (unpaired) electrons. The number of thiophene rings is 1. The Morgan fingerprint density at radius 1 is 0.462 bits per heavy atom. The maximum atomic E-state index is 4.18. The number of para-hydroxylation sites is 3. The van der Waals surface area contributed by atoms with E-state index in [1.165, 1.54) is 58.7 Å². The van der Waals surface area contributed by atoms with Gasteiger partial charge >= 0.3 is 0 Å². The van der Waals surface area contributed by atoms with Gasteiger partial charge in [-0.25, -0.2) is 0 Å². The van der Waals surface area contributed by atoms with Crippen LogP contribution in [0.2, 0.25) is 0 Å². The van der Waals surface area contributed by atoms with Crippen molar-refractivity contribution in [1.29, 1.82) is 0 Å². The number of nitrogens with zero attached hydrogens (tertiary/aromatic N) is 2. The van der Waals surface area contributed by atoms with E-state index in [0.717, 1.165) is 16.8 Å². The van der Waals surface area contributed by atoms with Gasteiger partial charge in [-0.1, -0.05) is 98.1 Å². The van der Waals surface area contributed by atoms with Gasteiger partial charge in [0.2, 0.25) is 0 Å². The third kappa shape index (κ3) is 2.96. The fraction of sp³-hybridized carbons (Fsp3) is 0. The van der Waals surface area contributed by atoms with Crippen LogP contribution in [-0.4, -0.2) is 9.13 Å². The summed E-state index contributed by atoms with van der Waals surface area (Å²) in [6.07, 6.45) is 3.90. The standard InChI is InChI=1S/C36H24N2S/c1-3-23-24-13-5-8-18-30(24)37(29(23)4-2)33-21-11-16-27-28-17-12-22-34(36(28)39-35(27)33)38-31-19-9-6-14-25(31)26-15-7-10-20-32(26)38/h3-22H,1-2H2. The van der Waals surface area contributed by atoms with Crippen molar-refractivity contribution in [2.45, 2.75) is 0 Å². The van der Waals surface area contributed by atoms with Gasteiger partial charge in [-0.05, 0) is 36.4 Å². The van der Waals surface area contributed by atoms with E-state index in [4.69, 9.17) is 0 Å². The molecule has 0 bridgehead atoms. The molecule has 0 saturated carbocycles. The van der Waals surface area contributed by atoms with Crippen molar-refractivity contribution in [1.82, 2.24) is 9.13 Å². The van der Waals surface area contributed by atoms with E-state index in [-0.39, 0.29) is 0 Å². The number of aromatic nitrogens is 2. The highest BCUT2D eigenvalue weighted by Crippen LogP contribution is 2.44. The molecule has 3 heteroatoms. The molecule has 184 valence electrons. The number of hydrogen-bond donors (Lipinski definition) is 0. The van der Waals surface area contributed by atoms with Crippen LogP contribution in [0.4, 0.5) is 0 Å². The average Bonchev–Trinajstić information content (AvgIpc) is 3.64. The molecular weight excluding hydrogens is 492 g/mol. The maximum absolute atomic E-state index is 4.18. The summed E-state index contributed by atoms with van der Waals surface area (Å²) in [4.78, 5) is 0. The zero-order valence-corrected chi connectivity index (χ0v) is 22.1. The van der Waals surface area contributed by atoms with Crippen LogP contribution in [0, 0.1) is 0 Å². The van der Waals surface area contributed by atoms with Gasteiger partial charge in [0, 0.05) is 32.5 Å². The lowest BCUT2D eigenvalue weighted by Crippen LogP contribution is -1.97. The first kappa shape index (κ1) is 22.2. The normalized spacial score (nSPS) is 11.8. The molecule has 0 spiro atoms. The van der Waals surface area contributed by atoms with E-state index >= 15 is 0 Å². The molecule has 2 nitrogen and oxygen atoms in total. The van der Waals surface area contributed by atoms with Crippen LogP contribution in [0.15, 0.2) is 122 Å². The van der Waals surface area contributed by atoms with Crippen LogP contribution in [0.5, 0.6) is 0 Å². The summed E-state index contributed by atoms with van der Waals surface area (Å²) in [5.41, 5.74) is 8.18. The third-order valence-electron chi connectivity index (χ3n) is 7.89. The maximum Gasteiger partial charge on any atom is 0.0640 e. The molecule has 8 aromatic rings. The molecule has 0 aliphatic carbocycles. The van der Waals surface area contributed by atoms with Crippen LogP contribution in [0.3, 0.4) is 0 Å². The molecule has 3 aromatic heterocycles. The van der Waals surface area contributed by atoms with Crippen LogP contribution in [0.1, 0.15) is 11.3 Å². The van der Waals surface area contributed by atoms with Gasteiger partial charge in [-0.2, -0.15) is 0 Å². The largest absolute Gasteiger partial charge is 0.308 e. The molecule has 0 aliphatic heterocycles. The lowest BCUT2D eigenvalue weighted by atomic mass is 10.1. The lowest BCUT2D eigenvalue weighted by molar-refractivity contribution is 1.12. The second kappa shape index (κ2) is 8.32. The molecule has 5 aromatic carbocycles. The molecule has 8 rings (SSSR count). The number of rotatable bonds is 4. The molecule has 0 fully saturated rings. The van der Waals surface area contributed by atoms with E-state index in [9.17, 15) is 0 Å². The molecule has 0 amide bonds. The quantitative estimate of drug-likeness (QED) is 0.220. The van der Waals surface area contributed by atoms with Gasteiger partial charge in [-0.3, -0.25) is 0 Å². The van der Waals surface area contributed by atoms with E-state index in [1.54, 1.807) is 0 Å². The van der Waals surface area contributed by atoms with E-state index in [0.29, 0.717) is 0 Å². The Bertz CT molecular complexity index is 2220. The smallest absolute Gasteiger partial charge is 0.0640 e. The molecule has 0 atom stereocenters. The van der Waals surface area contributed by atoms with Crippen LogP contribution in [-0.2, 0) is 0 Å². The molecule has 0 unspecified atom stereocenters. The predicted molar refractivity (Wildman–Crippen MR) is 171 cm³/mol. The lowest BCUT2D eigenvalue weighted by Gasteiger charge is -2.10. The van der Waals surface area contributed by atoms with E-state index < -0.39 is 0 Å².